The molecule has 0 spiro atoms. The zero-order valence-electron chi connectivity index (χ0n) is 6.42. The molecule has 2 nitrogen and oxygen atoms in total. The van der Waals surface area contributed by atoms with E-state index in [-0.39, 0.29) is 0 Å². The molecule has 2 aromatic rings. The van der Waals surface area contributed by atoms with Crippen LogP contribution in [0.4, 0.5) is 13.2 Å². The molecule has 2 aromatic heterocycles. The van der Waals surface area contributed by atoms with Crippen LogP contribution in [0, 0.1) is 0 Å². The Morgan fingerprint density at radius 2 is 2.00 bits per heavy atom. The Morgan fingerprint density at radius 3 is 2.62 bits per heavy atom. The van der Waals surface area contributed by atoms with Gasteiger partial charge in [-0.15, -0.1) is 0 Å². The minimum Gasteiger partial charge on any atom is -0.306 e. The molecule has 5 heteroatoms. The largest absolute Gasteiger partial charge is 0.434 e. The molecule has 0 fully saturated rings. The van der Waals surface area contributed by atoms with Crippen molar-refractivity contribution in [3.63, 3.8) is 0 Å². The Hall–Kier alpha value is -1.52. The molecule has 0 atom stereocenters. The molecular formula is C8H5F3N2. The van der Waals surface area contributed by atoms with Crippen molar-refractivity contribution in [2.24, 2.45) is 0 Å². The number of nitrogens with zero attached hydrogens (tertiary/aromatic N) is 2. The zero-order valence-corrected chi connectivity index (χ0v) is 6.42. The first-order valence-corrected chi connectivity index (χ1v) is 3.58. The smallest absolute Gasteiger partial charge is 0.306 e. The van der Waals surface area contributed by atoms with Crippen LogP contribution in [0.5, 0.6) is 0 Å². The maximum atomic E-state index is 12.2. The summed E-state index contributed by atoms with van der Waals surface area (Å²) in [5.74, 6) is 0. The molecule has 0 aliphatic heterocycles. The van der Waals surface area contributed by atoms with Gasteiger partial charge in [0.25, 0.3) is 0 Å². The van der Waals surface area contributed by atoms with Gasteiger partial charge in [0.1, 0.15) is 5.65 Å². The highest BCUT2D eigenvalue weighted by molar-refractivity contribution is 5.39. The summed E-state index contributed by atoms with van der Waals surface area (Å²) in [5.41, 5.74) is -0.562. The number of hydrogen-bond donors (Lipinski definition) is 0. The van der Waals surface area contributed by atoms with Gasteiger partial charge in [-0.2, -0.15) is 13.2 Å². The fraction of sp³-hybridized carbons (Fsp3) is 0.125. The normalized spacial score (nSPS) is 12.2. The first-order chi connectivity index (χ1) is 6.07. The molecule has 2 heterocycles. The molecule has 0 aromatic carbocycles. The third-order valence-corrected chi connectivity index (χ3v) is 1.65. The Labute approximate surface area is 71.6 Å². The van der Waals surface area contributed by atoms with Crippen molar-refractivity contribution < 1.29 is 13.2 Å². The molecule has 0 saturated carbocycles. The topological polar surface area (TPSA) is 17.3 Å². The van der Waals surface area contributed by atoms with E-state index in [0.29, 0.717) is 5.65 Å². The average molecular weight is 186 g/mol. The summed E-state index contributed by atoms with van der Waals surface area (Å²) >= 11 is 0. The van der Waals surface area contributed by atoms with E-state index in [1.54, 1.807) is 12.1 Å². The second-order valence-corrected chi connectivity index (χ2v) is 2.59. The summed E-state index contributed by atoms with van der Waals surface area (Å²) in [6, 6.07) is 4.81. The minimum atomic E-state index is -4.37. The lowest BCUT2D eigenvalue weighted by Crippen LogP contribution is -2.04. The molecule has 0 aliphatic carbocycles. The van der Waals surface area contributed by atoms with E-state index in [1.165, 1.54) is 16.7 Å². The van der Waals surface area contributed by atoms with E-state index >= 15 is 0 Å². The number of halogens is 3. The molecule has 0 N–H and O–H groups in total. The highest BCUT2D eigenvalue weighted by Crippen LogP contribution is 2.28. The molecule has 13 heavy (non-hydrogen) atoms. The molecule has 0 aliphatic rings. The Kier molecular flexibility index (Phi) is 1.55. The second-order valence-electron chi connectivity index (χ2n) is 2.59. The van der Waals surface area contributed by atoms with Gasteiger partial charge in [-0.05, 0) is 12.1 Å². The first-order valence-electron chi connectivity index (χ1n) is 3.58. The van der Waals surface area contributed by atoms with E-state index in [9.17, 15) is 13.2 Å². The maximum Gasteiger partial charge on any atom is 0.434 e. The predicted octanol–water partition coefficient (Wildman–Crippen LogP) is 2.35. The predicted molar refractivity (Wildman–Crippen MR) is 40.2 cm³/mol. The number of imidazole rings is 1. The number of fused-ring (bicyclic) bond motifs is 1. The summed E-state index contributed by atoms with van der Waals surface area (Å²) in [7, 11) is 0. The summed E-state index contributed by atoms with van der Waals surface area (Å²) in [4.78, 5) is 3.42. The van der Waals surface area contributed by atoms with Gasteiger partial charge in [-0.1, -0.05) is 6.07 Å². The highest BCUT2D eigenvalue weighted by Gasteiger charge is 2.33. The summed E-state index contributed by atoms with van der Waals surface area (Å²) < 4.78 is 37.8. The molecule has 0 unspecified atom stereocenters. The standard InChI is InChI=1S/C8H5F3N2/c9-8(10,11)6-5-13-4-2-1-3-7(13)12-6/h1-5H. The molecular weight excluding hydrogens is 181 g/mol. The van der Waals surface area contributed by atoms with Gasteiger partial charge in [-0.25, -0.2) is 4.98 Å². The summed E-state index contributed by atoms with van der Waals surface area (Å²) in [5, 5.41) is 0. The van der Waals surface area contributed by atoms with Crippen LogP contribution in [-0.4, -0.2) is 9.38 Å². The summed E-state index contributed by atoms with van der Waals surface area (Å²) in [6.45, 7) is 0. The van der Waals surface area contributed by atoms with Crippen molar-refractivity contribution in [1.82, 2.24) is 9.38 Å². The van der Waals surface area contributed by atoms with Gasteiger partial charge in [0.05, 0.1) is 0 Å². The van der Waals surface area contributed by atoms with E-state index < -0.39 is 11.9 Å². The van der Waals surface area contributed by atoms with Crippen molar-refractivity contribution >= 4 is 5.65 Å². The van der Waals surface area contributed by atoms with Gasteiger partial charge in [0, 0.05) is 12.4 Å². The molecule has 0 saturated heterocycles. The van der Waals surface area contributed by atoms with Crippen LogP contribution < -0.4 is 0 Å². The van der Waals surface area contributed by atoms with Gasteiger partial charge >= 0.3 is 6.18 Å². The van der Waals surface area contributed by atoms with Crippen molar-refractivity contribution in [3.8, 4) is 0 Å². The minimum absolute atomic E-state index is 0.301. The number of pyridine rings is 1. The molecule has 0 bridgehead atoms. The van der Waals surface area contributed by atoms with Crippen molar-refractivity contribution in [3.05, 3.63) is 36.3 Å². The van der Waals surface area contributed by atoms with Crippen LogP contribution in [0.3, 0.4) is 0 Å². The lowest BCUT2D eigenvalue weighted by molar-refractivity contribution is -0.140. The van der Waals surface area contributed by atoms with Crippen LogP contribution in [0.15, 0.2) is 30.6 Å². The lowest BCUT2D eigenvalue weighted by atomic mass is 10.5. The van der Waals surface area contributed by atoms with Crippen molar-refractivity contribution in [1.29, 1.82) is 0 Å². The number of hydrogen-bond acceptors (Lipinski definition) is 1. The Morgan fingerprint density at radius 1 is 1.23 bits per heavy atom. The third-order valence-electron chi connectivity index (χ3n) is 1.65. The van der Waals surface area contributed by atoms with Gasteiger partial charge < -0.3 is 4.40 Å². The summed E-state index contributed by atoms with van der Waals surface area (Å²) in [6.07, 6.45) is -1.88. The van der Waals surface area contributed by atoms with E-state index in [4.69, 9.17) is 0 Å². The number of rotatable bonds is 0. The van der Waals surface area contributed by atoms with Crippen LogP contribution >= 0.6 is 0 Å². The van der Waals surface area contributed by atoms with Gasteiger partial charge in [0.15, 0.2) is 5.69 Å². The van der Waals surface area contributed by atoms with E-state index in [1.807, 2.05) is 0 Å². The fourth-order valence-corrected chi connectivity index (χ4v) is 1.07. The van der Waals surface area contributed by atoms with E-state index in [0.717, 1.165) is 6.20 Å². The Bertz CT molecular complexity index is 397. The third kappa shape index (κ3) is 1.37. The molecule has 0 radical (unpaired) electrons. The van der Waals surface area contributed by atoms with Crippen LogP contribution in [-0.2, 0) is 6.18 Å². The first kappa shape index (κ1) is 8.10. The SMILES string of the molecule is FC(F)(F)c1cn2ccccc2n1. The maximum absolute atomic E-state index is 12.2. The monoisotopic (exact) mass is 186 g/mol. The Balaban J connectivity index is 2.63. The van der Waals surface area contributed by atoms with Crippen LogP contribution in [0.1, 0.15) is 5.69 Å². The quantitative estimate of drug-likeness (QED) is 0.617. The molecule has 2 rings (SSSR count). The van der Waals surface area contributed by atoms with Crippen molar-refractivity contribution in [2.45, 2.75) is 6.18 Å². The second kappa shape index (κ2) is 2.48. The van der Waals surface area contributed by atoms with Crippen LogP contribution in [0.25, 0.3) is 5.65 Å². The van der Waals surface area contributed by atoms with Gasteiger partial charge in [-0.3, -0.25) is 0 Å². The van der Waals surface area contributed by atoms with Gasteiger partial charge in [0.2, 0.25) is 0 Å². The lowest BCUT2D eigenvalue weighted by Gasteiger charge is -1.98. The van der Waals surface area contributed by atoms with Crippen LogP contribution in [0.2, 0.25) is 0 Å². The fourth-order valence-electron chi connectivity index (χ4n) is 1.07. The molecule has 68 valence electrons. The highest BCUT2D eigenvalue weighted by atomic mass is 19.4. The average Bonchev–Trinajstić information content (AvgIpc) is 2.45. The van der Waals surface area contributed by atoms with Crippen molar-refractivity contribution in [2.75, 3.05) is 0 Å². The number of aromatic nitrogens is 2. The van der Waals surface area contributed by atoms with E-state index in [2.05, 4.69) is 4.98 Å². The zero-order chi connectivity index (χ0) is 9.47. The number of alkyl halides is 3. The molecule has 0 amide bonds.